The van der Waals surface area contributed by atoms with E-state index >= 15 is 0 Å². The number of carbonyl (C=O) groups excluding carboxylic acids is 1. The highest BCUT2D eigenvalue weighted by atomic mass is 16.5. The molecule has 2 rings (SSSR count). The lowest BCUT2D eigenvalue weighted by atomic mass is 10.1. The number of hydrogen-bond acceptors (Lipinski definition) is 3. The van der Waals surface area contributed by atoms with E-state index in [-0.39, 0.29) is 12.1 Å². The summed E-state index contributed by atoms with van der Waals surface area (Å²) in [4.78, 5) is 14.1. The fraction of sp³-hybridized carbons (Fsp3) is 0.562. The number of methoxy groups -OCH3 is 1. The minimum absolute atomic E-state index is 0.0645. The predicted molar refractivity (Wildman–Crippen MR) is 81.8 cm³/mol. The Kier molecular flexibility index (Phi) is 4.30. The lowest BCUT2D eigenvalue weighted by molar-refractivity contribution is 0.0801. The van der Waals surface area contributed by atoms with Gasteiger partial charge in [-0.25, -0.2) is 4.79 Å². The van der Waals surface area contributed by atoms with Crippen molar-refractivity contribution in [3.05, 3.63) is 23.8 Å². The van der Waals surface area contributed by atoms with Crippen LogP contribution in [0.4, 0.5) is 4.79 Å². The molecule has 2 amide bonds. The normalized spacial score (nSPS) is 16.8. The zero-order chi connectivity index (χ0) is 15.6. The summed E-state index contributed by atoms with van der Waals surface area (Å²) in [6.45, 7) is 8.94. The summed E-state index contributed by atoms with van der Waals surface area (Å²) in [5.41, 5.74) is 0.534. The van der Waals surface area contributed by atoms with Crippen LogP contribution in [0.15, 0.2) is 18.2 Å². The smallest absolute Gasteiger partial charge is 0.318 e. The Morgan fingerprint density at radius 1 is 1.43 bits per heavy atom. The fourth-order valence-corrected chi connectivity index (χ4v) is 2.42. The minimum Gasteiger partial charge on any atom is -0.497 e. The second-order valence-electron chi connectivity index (χ2n) is 6.30. The lowest BCUT2D eigenvalue weighted by Gasteiger charge is -2.30. The van der Waals surface area contributed by atoms with Gasteiger partial charge in [0, 0.05) is 17.7 Å². The Morgan fingerprint density at radius 3 is 2.76 bits per heavy atom. The molecule has 0 fully saturated rings. The van der Waals surface area contributed by atoms with E-state index in [9.17, 15) is 4.79 Å². The van der Waals surface area contributed by atoms with Crippen molar-refractivity contribution >= 4 is 6.03 Å². The third-order valence-corrected chi connectivity index (χ3v) is 3.29. The van der Waals surface area contributed by atoms with Gasteiger partial charge in [0.1, 0.15) is 17.1 Å². The number of nitrogens with one attached hydrogen (secondary N) is 1. The molecule has 0 spiro atoms. The fourth-order valence-electron chi connectivity index (χ4n) is 2.42. The third-order valence-electron chi connectivity index (χ3n) is 3.29. The summed E-state index contributed by atoms with van der Waals surface area (Å²) < 4.78 is 11.3. The number of urea groups is 1. The van der Waals surface area contributed by atoms with Gasteiger partial charge in [0.25, 0.3) is 0 Å². The molecular weight excluding hydrogens is 268 g/mol. The van der Waals surface area contributed by atoms with E-state index in [1.807, 2.05) is 45.9 Å². The first-order chi connectivity index (χ1) is 9.80. The van der Waals surface area contributed by atoms with Crippen LogP contribution >= 0.6 is 0 Å². The highest BCUT2D eigenvalue weighted by Gasteiger charge is 2.31. The Balaban J connectivity index is 2.30. The molecule has 21 heavy (non-hydrogen) atoms. The number of carbonyl (C=O) groups is 1. The van der Waals surface area contributed by atoms with Crippen LogP contribution < -0.4 is 14.8 Å². The second kappa shape index (κ2) is 5.84. The van der Waals surface area contributed by atoms with Crippen LogP contribution in [0.3, 0.4) is 0 Å². The molecule has 1 heterocycles. The molecule has 1 aromatic carbocycles. The Labute approximate surface area is 126 Å². The van der Waals surface area contributed by atoms with Gasteiger partial charge in [-0.05, 0) is 39.8 Å². The van der Waals surface area contributed by atoms with Gasteiger partial charge in [0.15, 0.2) is 0 Å². The highest BCUT2D eigenvalue weighted by molar-refractivity contribution is 5.74. The van der Waals surface area contributed by atoms with Crippen LogP contribution in [0, 0.1) is 0 Å². The molecule has 0 aliphatic carbocycles. The zero-order valence-corrected chi connectivity index (χ0v) is 13.4. The Morgan fingerprint density at radius 2 is 2.14 bits per heavy atom. The molecule has 0 saturated heterocycles. The van der Waals surface area contributed by atoms with Gasteiger partial charge in [0.05, 0.1) is 20.2 Å². The average Bonchev–Trinajstić information content (AvgIpc) is 2.51. The van der Waals surface area contributed by atoms with Crippen LogP contribution in [-0.4, -0.2) is 36.2 Å². The molecule has 116 valence electrons. The number of hydrogen-bond donors (Lipinski definition) is 1. The van der Waals surface area contributed by atoms with Crippen LogP contribution in [0.2, 0.25) is 0 Å². The van der Waals surface area contributed by atoms with Crippen molar-refractivity contribution in [2.75, 3.05) is 13.7 Å². The van der Waals surface area contributed by atoms with Crippen LogP contribution in [-0.2, 0) is 6.54 Å². The number of rotatable bonds is 2. The van der Waals surface area contributed by atoms with Crippen molar-refractivity contribution in [2.45, 2.75) is 45.9 Å². The van der Waals surface area contributed by atoms with Crippen molar-refractivity contribution in [1.29, 1.82) is 0 Å². The molecule has 0 bridgehead atoms. The molecular formula is C16H24N2O3. The van der Waals surface area contributed by atoms with Crippen molar-refractivity contribution < 1.29 is 14.3 Å². The molecule has 1 N–H and O–H groups in total. The number of ether oxygens (including phenoxy) is 2. The monoisotopic (exact) mass is 292 g/mol. The van der Waals surface area contributed by atoms with Crippen molar-refractivity contribution in [3.8, 4) is 11.5 Å². The second-order valence-corrected chi connectivity index (χ2v) is 6.30. The Bertz CT molecular complexity index is 526. The maximum Gasteiger partial charge on any atom is 0.318 e. The zero-order valence-electron chi connectivity index (χ0n) is 13.4. The van der Waals surface area contributed by atoms with E-state index in [1.165, 1.54) is 0 Å². The standard InChI is InChI=1S/C16H24N2O3/c1-11(2)17-15(19)18-9-12-6-7-13(20-5)8-14(12)21-16(3,4)10-18/h6-8,11H,9-10H2,1-5H3,(H,17,19). The first-order valence-electron chi connectivity index (χ1n) is 7.22. The maximum absolute atomic E-state index is 12.3. The number of nitrogens with zero attached hydrogens (tertiary/aromatic N) is 1. The van der Waals surface area contributed by atoms with Gasteiger partial charge < -0.3 is 19.7 Å². The molecule has 5 nitrogen and oxygen atoms in total. The molecule has 1 aliphatic heterocycles. The van der Waals surface area contributed by atoms with Gasteiger partial charge in [-0.15, -0.1) is 0 Å². The largest absolute Gasteiger partial charge is 0.497 e. The lowest BCUT2D eigenvalue weighted by Crippen LogP contribution is -2.48. The van der Waals surface area contributed by atoms with Gasteiger partial charge in [0.2, 0.25) is 0 Å². The SMILES string of the molecule is COc1ccc2c(c1)OC(C)(C)CN(C(=O)NC(C)C)C2. The van der Waals surface area contributed by atoms with Crippen LogP contribution in [0.1, 0.15) is 33.3 Å². The molecule has 0 aromatic heterocycles. The summed E-state index contributed by atoms with van der Waals surface area (Å²) in [6, 6.07) is 5.76. The van der Waals surface area contributed by atoms with E-state index in [0.29, 0.717) is 13.1 Å². The topological polar surface area (TPSA) is 50.8 Å². The first kappa shape index (κ1) is 15.5. The first-order valence-corrected chi connectivity index (χ1v) is 7.22. The quantitative estimate of drug-likeness (QED) is 0.912. The van der Waals surface area contributed by atoms with E-state index in [0.717, 1.165) is 17.1 Å². The van der Waals surface area contributed by atoms with Crippen LogP contribution in [0.5, 0.6) is 11.5 Å². The van der Waals surface area contributed by atoms with E-state index in [2.05, 4.69) is 5.32 Å². The minimum atomic E-state index is -0.452. The number of fused-ring (bicyclic) bond motifs is 1. The van der Waals surface area contributed by atoms with Crippen molar-refractivity contribution in [2.24, 2.45) is 0 Å². The summed E-state index contributed by atoms with van der Waals surface area (Å²) in [7, 11) is 1.63. The summed E-state index contributed by atoms with van der Waals surface area (Å²) in [5, 5.41) is 2.94. The van der Waals surface area contributed by atoms with E-state index in [4.69, 9.17) is 9.47 Å². The molecule has 5 heteroatoms. The van der Waals surface area contributed by atoms with E-state index < -0.39 is 5.60 Å². The van der Waals surface area contributed by atoms with Gasteiger partial charge >= 0.3 is 6.03 Å². The van der Waals surface area contributed by atoms with Crippen molar-refractivity contribution in [1.82, 2.24) is 10.2 Å². The molecule has 0 radical (unpaired) electrons. The summed E-state index contributed by atoms with van der Waals surface area (Å²) in [6.07, 6.45) is 0. The molecule has 0 saturated carbocycles. The average molecular weight is 292 g/mol. The van der Waals surface area contributed by atoms with Gasteiger partial charge in [-0.1, -0.05) is 0 Å². The third kappa shape index (κ3) is 3.80. The van der Waals surface area contributed by atoms with Gasteiger partial charge in [-0.3, -0.25) is 0 Å². The van der Waals surface area contributed by atoms with Gasteiger partial charge in [-0.2, -0.15) is 0 Å². The molecule has 0 atom stereocenters. The molecule has 1 aliphatic rings. The maximum atomic E-state index is 12.3. The predicted octanol–water partition coefficient (Wildman–Crippen LogP) is 2.79. The van der Waals surface area contributed by atoms with Crippen LogP contribution in [0.25, 0.3) is 0 Å². The number of amides is 2. The Hall–Kier alpha value is -1.91. The van der Waals surface area contributed by atoms with Crippen molar-refractivity contribution in [3.63, 3.8) is 0 Å². The highest BCUT2D eigenvalue weighted by Crippen LogP contribution is 2.32. The molecule has 1 aromatic rings. The number of benzene rings is 1. The summed E-state index contributed by atoms with van der Waals surface area (Å²) >= 11 is 0. The molecule has 0 unspecified atom stereocenters. The summed E-state index contributed by atoms with van der Waals surface area (Å²) in [5.74, 6) is 1.53. The van der Waals surface area contributed by atoms with E-state index in [1.54, 1.807) is 12.0 Å².